The third kappa shape index (κ3) is 10.6. The predicted molar refractivity (Wildman–Crippen MR) is 217 cm³/mol. The van der Waals surface area contributed by atoms with Crippen molar-refractivity contribution >= 4 is 89.5 Å². The quantitative estimate of drug-likeness (QED) is 0.0376. The molecule has 2 unspecified atom stereocenters. The molecule has 4 aromatic carbocycles. The van der Waals surface area contributed by atoms with E-state index in [1.807, 2.05) is 6.07 Å². The molecule has 0 aliphatic rings. The molecule has 0 saturated carbocycles. The van der Waals surface area contributed by atoms with Crippen LogP contribution in [-0.4, -0.2) is 80.3 Å². The molecule has 0 aliphatic heterocycles. The summed E-state index contributed by atoms with van der Waals surface area (Å²) in [5.41, 5.74) is 3.08. The van der Waals surface area contributed by atoms with Gasteiger partial charge >= 0.3 is 59.1 Å². The van der Waals surface area contributed by atoms with Crippen LogP contribution in [0.4, 0.5) is 22.7 Å². The van der Waals surface area contributed by atoms with Crippen LogP contribution in [0.15, 0.2) is 97.1 Å². The molecule has 2 heterocycles. The second kappa shape index (κ2) is 20.6. The monoisotopic (exact) mass is 874 g/mol. The molecule has 0 aliphatic carbocycles. The van der Waals surface area contributed by atoms with Crippen LogP contribution >= 0.6 is 48.9 Å². The van der Waals surface area contributed by atoms with Crippen molar-refractivity contribution in [2.75, 3.05) is 41.3 Å². The number of ether oxygens (including phenoxy) is 1. The summed E-state index contributed by atoms with van der Waals surface area (Å²) in [6, 6.07) is 23.3. The van der Waals surface area contributed by atoms with Gasteiger partial charge in [0.25, 0.3) is 5.91 Å². The van der Waals surface area contributed by atoms with Crippen LogP contribution in [0, 0.1) is 19.1 Å². The van der Waals surface area contributed by atoms with E-state index < -0.39 is 29.9 Å². The molecule has 2 atom stereocenters. The van der Waals surface area contributed by atoms with Crippen molar-refractivity contribution in [2.45, 2.75) is 12.1 Å². The van der Waals surface area contributed by atoms with Crippen molar-refractivity contribution in [1.29, 1.82) is 0 Å². The van der Waals surface area contributed by atoms with E-state index in [0.717, 1.165) is 0 Å². The number of carboxylic acid groups (broad SMARTS) is 2. The molecule has 16 nitrogen and oxygen atoms in total. The van der Waals surface area contributed by atoms with Gasteiger partial charge < -0.3 is 45.0 Å². The number of rotatable bonds is 15. The number of amides is 1. The van der Waals surface area contributed by atoms with E-state index in [2.05, 4.69) is 31.0 Å². The topological polar surface area (TPSA) is 210 Å². The summed E-state index contributed by atoms with van der Waals surface area (Å²) in [4.78, 5) is 41.3. The van der Waals surface area contributed by atoms with E-state index in [1.165, 1.54) is 36.0 Å². The molecule has 6 aromatic rings. The summed E-state index contributed by atoms with van der Waals surface area (Å²) in [5, 5.41) is 42.4. The van der Waals surface area contributed by atoms with Gasteiger partial charge in [-0.15, -0.1) is 0 Å². The van der Waals surface area contributed by atoms with Gasteiger partial charge in [0.1, 0.15) is 5.75 Å². The summed E-state index contributed by atoms with van der Waals surface area (Å²) in [6.07, 6.45) is 0. The van der Waals surface area contributed by atoms with E-state index in [0.29, 0.717) is 53.3 Å². The summed E-state index contributed by atoms with van der Waals surface area (Å²) in [5.74, 6) is -3.31. The Kier molecular flexibility index (Phi) is 16.4. The molecule has 0 spiro atoms. The number of nitrogens with zero attached hydrogens (tertiary/aromatic N) is 4. The minimum absolute atomic E-state index is 0. The standard InChI is InChI=1S/C36H34N10O6S4.2Na/c1-43(23-10-3-7-20(15-23)30(47)38-22-9-5-12-25(17-22)45-33(53)39-40-34(45)54)28(31(48)49)29(32(50)51)44(2)24-11-4-8-21(16-24)37-19-52-27-14-6-13-26(18-27)46-35(55)41-42-36(46)56;;/h3-18,28-29,37H,19H2,1-2H3,(H,38,47)(H,39,53)(H,40,54)(H,41,55)(H,42,56)(H,48,49)(H,50,51);;/q;2*+1/p-2. The van der Waals surface area contributed by atoms with Crippen molar-refractivity contribution < 1.29 is 88.4 Å². The van der Waals surface area contributed by atoms with Crippen molar-refractivity contribution in [3.05, 3.63) is 122 Å². The van der Waals surface area contributed by atoms with Gasteiger partial charge in [-0.3, -0.25) is 34.3 Å². The number of aromatic nitrogens is 6. The summed E-state index contributed by atoms with van der Waals surface area (Å²) >= 11 is 21.2. The van der Waals surface area contributed by atoms with Gasteiger partial charge in [0.05, 0.1) is 35.4 Å². The third-order valence-corrected chi connectivity index (χ3v) is 9.84. The number of H-pyrrole nitrogens is 4. The van der Waals surface area contributed by atoms with E-state index in [9.17, 15) is 24.6 Å². The fraction of sp³-hybridized carbons (Fsp3) is 0.139. The van der Waals surface area contributed by atoms with Gasteiger partial charge in [-0.05, 0) is 116 Å². The van der Waals surface area contributed by atoms with Gasteiger partial charge in [0.2, 0.25) is 0 Å². The molecule has 0 saturated heterocycles. The Morgan fingerprint density at radius 2 is 1.12 bits per heavy atom. The van der Waals surface area contributed by atoms with Gasteiger partial charge in [0.15, 0.2) is 25.8 Å². The average Bonchev–Trinajstić information content (AvgIpc) is 3.71. The second-order valence-corrected chi connectivity index (χ2v) is 13.8. The molecule has 58 heavy (non-hydrogen) atoms. The van der Waals surface area contributed by atoms with Crippen LogP contribution in [0.2, 0.25) is 0 Å². The first-order valence-electron chi connectivity index (χ1n) is 16.6. The minimum Gasteiger partial charge on any atom is -0.548 e. The molecule has 288 valence electrons. The van der Waals surface area contributed by atoms with Crippen LogP contribution in [0.5, 0.6) is 5.75 Å². The maximum atomic E-state index is 13.4. The normalized spacial score (nSPS) is 11.6. The zero-order valence-electron chi connectivity index (χ0n) is 31.5. The zero-order valence-corrected chi connectivity index (χ0v) is 38.7. The molecule has 0 fully saturated rings. The third-order valence-electron chi connectivity index (χ3n) is 8.70. The number of carbonyl (C=O) groups is 3. The number of aromatic amines is 4. The first kappa shape index (κ1) is 46.3. The van der Waals surface area contributed by atoms with Gasteiger partial charge in [0, 0.05) is 48.5 Å². The van der Waals surface area contributed by atoms with Crippen LogP contribution in [0.25, 0.3) is 11.4 Å². The Hall–Kier alpha value is -4.35. The van der Waals surface area contributed by atoms with Gasteiger partial charge in [-0.2, -0.15) is 0 Å². The minimum atomic E-state index is -1.76. The number of anilines is 4. The number of aliphatic carboxylic acids is 2. The fourth-order valence-electron chi connectivity index (χ4n) is 5.95. The Morgan fingerprint density at radius 3 is 1.67 bits per heavy atom. The van der Waals surface area contributed by atoms with Gasteiger partial charge in [-0.1, -0.05) is 24.3 Å². The predicted octanol–water partition coefficient (Wildman–Crippen LogP) is -1.98. The van der Waals surface area contributed by atoms with E-state index >= 15 is 0 Å². The molecular weight excluding hydrogens is 843 g/mol. The molecule has 6 rings (SSSR count). The summed E-state index contributed by atoms with van der Waals surface area (Å²) in [7, 11) is 2.84. The average molecular weight is 875 g/mol. The number of carbonyl (C=O) groups excluding carboxylic acids is 3. The Bertz CT molecular complexity index is 2620. The molecule has 0 radical (unpaired) electrons. The van der Waals surface area contributed by atoms with Gasteiger partial charge in [-0.25, -0.2) is 0 Å². The molecule has 2 aromatic heterocycles. The first-order valence-corrected chi connectivity index (χ1v) is 18.2. The molecule has 6 N–H and O–H groups in total. The first-order chi connectivity index (χ1) is 26.8. The van der Waals surface area contributed by atoms with Crippen LogP contribution < -0.4 is 94.5 Å². The second-order valence-electron chi connectivity index (χ2n) is 12.2. The number of benzene rings is 4. The number of hydrogen-bond acceptors (Lipinski definition) is 13. The Labute approximate surface area is 395 Å². The number of carboxylic acids is 2. The molecule has 22 heteroatoms. The Morgan fingerprint density at radius 1 is 0.655 bits per heavy atom. The maximum Gasteiger partial charge on any atom is 1.00 e. The van der Waals surface area contributed by atoms with Crippen molar-refractivity contribution in [2.24, 2.45) is 0 Å². The van der Waals surface area contributed by atoms with Crippen molar-refractivity contribution in [1.82, 2.24) is 29.5 Å². The fourth-order valence-corrected chi connectivity index (χ4v) is 7.06. The smallest absolute Gasteiger partial charge is 0.548 e. The van der Waals surface area contributed by atoms with Crippen LogP contribution in [-0.2, 0) is 9.59 Å². The molecule has 0 bridgehead atoms. The summed E-state index contributed by atoms with van der Waals surface area (Å²) < 4.78 is 10.6. The SMILES string of the molecule is CN(c1cccc(NCOc2cccc(-n3c(=S)[nH][nH]c3=S)c2)c1)C(C(=O)[O-])C(C(=O)[O-])N(C)c1cccc(C(=O)Nc2cccc(-n3c(=S)[nH][nH]c3=S)c2)c1.[Na+].[Na+]. The number of hydrogen-bond donors (Lipinski definition) is 6. The van der Waals surface area contributed by atoms with E-state index in [1.54, 1.807) is 88.0 Å². The Balaban J connectivity index is 0.00000372. The largest absolute Gasteiger partial charge is 1.00 e. The van der Waals surface area contributed by atoms with Crippen LogP contribution in [0.1, 0.15) is 10.4 Å². The number of nitrogens with one attached hydrogen (secondary N) is 6. The van der Waals surface area contributed by atoms with Crippen molar-refractivity contribution in [3.8, 4) is 17.1 Å². The zero-order chi connectivity index (χ0) is 40.1. The maximum absolute atomic E-state index is 13.4. The van der Waals surface area contributed by atoms with E-state index in [4.69, 9.17) is 53.6 Å². The number of likely N-dealkylation sites (N-methyl/N-ethyl adjacent to an activating group) is 2. The van der Waals surface area contributed by atoms with Crippen LogP contribution in [0.3, 0.4) is 0 Å². The molecular formula is C36H32N10Na2O6S4. The van der Waals surface area contributed by atoms with E-state index in [-0.39, 0.29) is 77.1 Å². The van der Waals surface area contributed by atoms with Crippen molar-refractivity contribution in [3.63, 3.8) is 0 Å². The molecule has 1 amide bonds. The summed E-state index contributed by atoms with van der Waals surface area (Å²) in [6.45, 7) is 0.0290.